The van der Waals surface area contributed by atoms with Crippen LogP contribution in [0, 0.1) is 11.3 Å². The van der Waals surface area contributed by atoms with E-state index < -0.39 is 20.8 Å². The van der Waals surface area contributed by atoms with Gasteiger partial charge in [-0.25, -0.2) is 8.42 Å². The summed E-state index contributed by atoms with van der Waals surface area (Å²) in [5, 5.41) is 4.00. The summed E-state index contributed by atoms with van der Waals surface area (Å²) in [7, 11) is -4.54. The molecular weight excluding hydrogens is 164 g/mol. The molecule has 10 heavy (non-hydrogen) atoms. The second-order valence-electron chi connectivity index (χ2n) is 1.73. The molecule has 58 valence electrons. The molecule has 0 aliphatic rings. The van der Waals surface area contributed by atoms with Gasteiger partial charge in [0.15, 0.2) is 0 Å². The van der Waals surface area contributed by atoms with E-state index in [-0.39, 0.29) is 6.92 Å². The molecule has 3 nitrogen and oxygen atoms in total. The zero-order valence-corrected chi connectivity index (χ0v) is 5.95. The summed E-state index contributed by atoms with van der Waals surface area (Å²) >= 11 is 0. The predicted octanol–water partition coefficient (Wildman–Crippen LogP) is 0.537. The van der Waals surface area contributed by atoms with Crippen LogP contribution >= 0.6 is 0 Å². The molecule has 0 spiro atoms. The van der Waals surface area contributed by atoms with E-state index in [0.717, 1.165) is 6.07 Å². The Morgan fingerprint density at radius 3 is 2.10 bits per heavy atom. The van der Waals surface area contributed by atoms with Crippen LogP contribution < -0.4 is 0 Å². The lowest BCUT2D eigenvalue weighted by Crippen LogP contribution is -2.26. The quantitative estimate of drug-likeness (QED) is 0.606. The van der Waals surface area contributed by atoms with Crippen LogP contribution in [0.2, 0.25) is 0 Å². The van der Waals surface area contributed by atoms with Gasteiger partial charge in [0.1, 0.15) is 5.75 Å². The molecule has 6 heteroatoms. The Balaban J connectivity index is 4.65. The van der Waals surface area contributed by atoms with Crippen molar-refractivity contribution in [2.24, 2.45) is 0 Å². The molecule has 0 aliphatic heterocycles. The van der Waals surface area contributed by atoms with Gasteiger partial charge < -0.3 is 0 Å². The molecule has 0 atom stereocenters. The normalized spacial score (nSPS) is 12.6. The van der Waals surface area contributed by atoms with Crippen molar-refractivity contribution in [3.63, 3.8) is 0 Å². The van der Waals surface area contributed by atoms with E-state index in [9.17, 15) is 17.2 Å². The number of hydrogen-bond donors (Lipinski definition) is 0. The lowest BCUT2D eigenvalue weighted by atomic mass is 10.8. The van der Waals surface area contributed by atoms with Crippen molar-refractivity contribution in [2.75, 3.05) is 5.75 Å². The van der Waals surface area contributed by atoms with Crippen molar-refractivity contribution in [1.29, 1.82) is 5.26 Å². The van der Waals surface area contributed by atoms with E-state index in [1.165, 1.54) is 0 Å². The predicted molar refractivity (Wildman–Crippen MR) is 30.0 cm³/mol. The highest BCUT2D eigenvalue weighted by atomic mass is 32.2. The van der Waals surface area contributed by atoms with Gasteiger partial charge in [0.25, 0.3) is 0 Å². The van der Waals surface area contributed by atoms with E-state index in [0.29, 0.717) is 0 Å². The standard InChI is InChI=1S/C4H5F2NO2S/c1-4(5,6)10(8,9)3-2-7/h3H2,1H3. The highest BCUT2D eigenvalue weighted by Crippen LogP contribution is 2.20. The summed E-state index contributed by atoms with van der Waals surface area (Å²) < 4.78 is 44.5. The van der Waals surface area contributed by atoms with E-state index >= 15 is 0 Å². The Morgan fingerprint density at radius 1 is 1.60 bits per heavy atom. The molecule has 0 radical (unpaired) electrons. The largest absolute Gasteiger partial charge is 0.343 e. The van der Waals surface area contributed by atoms with E-state index in [4.69, 9.17) is 5.26 Å². The monoisotopic (exact) mass is 169 g/mol. The number of hydrogen-bond acceptors (Lipinski definition) is 3. The molecule has 0 unspecified atom stereocenters. The summed E-state index contributed by atoms with van der Waals surface area (Å²) in [5.74, 6) is -1.14. The second kappa shape index (κ2) is 2.50. The first-order valence-electron chi connectivity index (χ1n) is 2.28. The molecule has 0 fully saturated rings. The zero-order chi connectivity index (χ0) is 8.41. The number of halogens is 2. The summed E-state index contributed by atoms with van der Waals surface area (Å²) in [6, 6.07) is 1.15. The first-order chi connectivity index (χ1) is 4.31. The minimum Gasteiger partial charge on any atom is -0.222 e. The molecule has 0 aromatic heterocycles. The van der Waals surface area contributed by atoms with Crippen molar-refractivity contribution in [3.8, 4) is 6.07 Å². The molecule has 0 rings (SSSR count). The lowest BCUT2D eigenvalue weighted by molar-refractivity contribution is 0.115. The van der Waals surface area contributed by atoms with Crippen molar-refractivity contribution >= 4 is 9.84 Å². The fourth-order valence-electron chi connectivity index (χ4n) is 0.212. The van der Waals surface area contributed by atoms with Gasteiger partial charge in [-0.2, -0.15) is 14.0 Å². The Bertz CT molecular complexity index is 245. The summed E-state index contributed by atoms with van der Waals surface area (Å²) in [4.78, 5) is 0. The Labute approximate surface area is 57.2 Å². The number of sulfone groups is 1. The van der Waals surface area contributed by atoms with E-state index in [1.807, 2.05) is 0 Å². The maximum absolute atomic E-state index is 11.9. The Morgan fingerprint density at radius 2 is 2.00 bits per heavy atom. The molecular formula is C4H5F2NO2S. The van der Waals surface area contributed by atoms with Crippen LogP contribution in [-0.2, 0) is 9.84 Å². The van der Waals surface area contributed by atoms with Crippen LogP contribution in [0.5, 0.6) is 0 Å². The van der Waals surface area contributed by atoms with Crippen LogP contribution in [0.3, 0.4) is 0 Å². The van der Waals surface area contributed by atoms with E-state index in [1.54, 1.807) is 0 Å². The minimum atomic E-state index is -4.54. The smallest absolute Gasteiger partial charge is 0.222 e. The van der Waals surface area contributed by atoms with Crippen molar-refractivity contribution in [2.45, 2.75) is 12.2 Å². The first kappa shape index (κ1) is 9.30. The molecule has 0 amide bonds. The first-order valence-corrected chi connectivity index (χ1v) is 3.93. The van der Waals surface area contributed by atoms with Gasteiger partial charge in [-0.15, -0.1) is 0 Å². The van der Waals surface area contributed by atoms with Gasteiger partial charge in [-0.05, 0) is 0 Å². The van der Waals surface area contributed by atoms with Crippen molar-refractivity contribution < 1.29 is 17.2 Å². The average Bonchev–Trinajstić information content (AvgIpc) is 1.61. The minimum absolute atomic E-state index is 0.250. The fraction of sp³-hybridized carbons (Fsp3) is 0.750. The third kappa shape index (κ3) is 1.92. The van der Waals surface area contributed by atoms with Crippen molar-refractivity contribution in [3.05, 3.63) is 0 Å². The lowest BCUT2D eigenvalue weighted by Gasteiger charge is -2.06. The number of nitrogens with zero attached hydrogens (tertiary/aromatic N) is 1. The molecule has 0 saturated carbocycles. The zero-order valence-electron chi connectivity index (χ0n) is 5.13. The van der Waals surface area contributed by atoms with Gasteiger partial charge in [-0.3, -0.25) is 0 Å². The van der Waals surface area contributed by atoms with Crippen LogP contribution in [0.25, 0.3) is 0 Å². The van der Waals surface area contributed by atoms with Crippen LogP contribution in [0.4, 0.5) is 8.78 Å². The van der Waals surface area contributed by atoms with Gasteiger partial charge in [0.2, 0.25) is 9.84 Å². The number of nitriles is 1. The number of rotatable bonds is 2. The summed E-state index contributed by atoms with van der Waals surface area (Å²) in [5.41, 5.74) is 0. The molecule has 0 heterocycles. The fourth-order valence-corrected chi connectivity index (χ4v) is 0.635. The third-order valence-corrected chi connectivity index (χ3v) is 2.40. The molecule has 0 aliphatic carbocycles. The van der Waals surface area contributed by atoms with Gasteiger partial charge in [0, 0.05) is 6.92 Å². The molecule has 0 aromatic rings. The summed E-state index contributed by atoms with van der Waals surface area (Å²) in [6.07, 6.45) is 0. The highest BCUT2D eigenvalue weighted by molar-refractivity contribution is 7.92. The molecule has 0 aromatic carbocycles. The van der Waals surface area contributed by atoms with Gasteiger partial charge in [-0.1, -0.05) is 0 Å². The average molecular weight is 169 g/mol. The third-order valence-electron chi connectivity index (χ3n) is 0.801. The maximum atomic E-state index is 11.9. The van der Waals surface area contributed by atoms with E-state index in [2.05, 4.69) is 0 Å². The molecule has 0 bridgehead atoms. The van der Waals surface area contributed by atoms with Gasteiger partial charge in [0.05, 0.1) is 6.07 Å². The highest BCUT2D eigenvalue weighted by Gasteiger charge is 2.38. The van der Waals surface area contributed by atoms with Crippen LogP contribution in [0.1, 0.15) is 6.92 Å². The molecule has 0 saturated heterocycles. The summed E-state index contributed by atoms with van der Waals surface area (Å²) in [6.45, 7) is 0.250. The Kier molecular flexibility index (Phi) is 2.33. The van der Waals surface area contributed by atoms with Crippen LogP contribution in [0.15, 0.2) is 0 Å². The molecule has 0 N–H and O–H groups in total. The van der Waals surface area contributed by atoms with Crippen molar-refractivity contribution in [1.82, 2.24) is 0 Å². The van der Waals surface area contributed by atoms with Crippen LogP contribution in [-0.4, -0.2) is 19.4 Å². The number of alkyl halides is 2. The second-order valence-corrected chi connectivity index (χ2v) is 3.96. The Hall–Kier alpha value is -0.700. The van der Waals surface area contributed by atoms with Gasteiger partial charge >= 0.3 is 5.25 Å². The topological polar surface area (TPSA) is 57.9 Å². The SMILES string of the molecule is CC(F)(F)S(=O)(=O)CC#N. The maximum Gasteiger partial charge on any atom is 0.343 e.